The summed E-state index contributed by atoms with van der Waals surface area (Å²) in [6, 6.07) is 0. The molecule has 90 valence electrons. The lowest BCUT2D eigenvalue weighted by molar-refractivity contribution is -0.573. The maximum Gasteiger partial charge on any atom is 0.419 e. The van der Waals surface area contributed by atoms with Crippen molar-refractivity contribution in [1.29, 1.82) is 0 Å². The van der Waals surface area contributed by atoms with Crippen LogP contribution in [0.1, 0.15) is 6.92 Å². The molecule has 1 aliphatic heterocycles. The lowest BCUT2D eigenvalue weighted by Crippen LogP contribution is -2.48. The molecule has 2 N–H and O–H groups in total. The lowest BCUT2D eigenvalue weighted by atomic mass is 10.1. The van der Waals surface area contributed by atoms with E-state index in [1.165, 1.54) is 14.0 Å². The third-order valence-corrected chi connectivity index (χ3v) is 3.22. The second-order valence-electron chi connectivity index (χ2n) is 3.16. The van der Waals surface area contributed by atoms with Crippen LogP contribution >= 0.6 is 20.2 Å². The van der Waals surface area contributed by atoms with Gasteiger partial charge in [0.2, 0.25) is 0 Å². The Morgan fingerprint density at radius 2 is 1.93 bits per heavy atom. The van der Waals surface area contributed by atoms with Gasteiger partial charge in [-0.25, -0.2) is 4.57 Å². The van der Waals surface area contributed by atoms with E-state index in [4.69, 9.17) is 9.05 Å². The van der Waals surface area contributed by atoms with Crippen molar-refractivity contribution in [1.82, 2.24) is 10.6 Å². The highest BCUT2D eigenvalue weighted by Crippen LogP contribution is 2.47. The van der Waals surface area contributed by atoms with E-state index < -0.39 is 18.2 Å². The first-order valence-corrected chi connectivity index (χ1v) is 5.44. The van der Waals surface area contributed by atoms with E-state index in [9.17, 15) is 14.7 Å². The normalized spacial score (nSPS) is 35.6. The highest BCUT2D eigenvalue weighted by molar-refractivity contribution is 7.51. The van der Waals surface area contributed by atoms with Crippen molar-refractivity contribution < 1.29 is 18.5 Å². The van der Waals surface area contributed by atoms with Crippen LogP contribution in [0.3, 0.4) is 0 Å². The van der Waals surface area contributed by atoms with Gasteiger partial charge >= 0.3 is 7.75 Å². The van der Waals surface area contributed by atoms with Crippen molar-refractivity contribution in [2.24, 2.45) is 0 Å². The van der Waals surface area contributed by atoms with Gasteiger partial charge in [-0.1, -0.05) is 0 Å². The molecule has 0 atom stereocenters. The van der Waals surface area contributed by atoms with Gasteiger partial charge in [-0.05, 0) is 7.05 Å². The van der Waals surface area contributed by atoms with Crippen molar-refractivity contribution in [3.8, 4) is 0 Å². The molecule has 0 bridgehead atoms. The topological polar surface area (TPSA) is 103 Å². The van der Waals surface area contributed by atoms with Crippen LogP contribution in [0.2, 0.25) is 0 Å². The van der Waals surface area contributed by atoms with Gasteiger partial charge in [0.15, 0.2) is 0 Å². The largest absolute Gasteiger partial charge is 0.419 e. The second-order valence-corrected chi connectivity index (χ2v) is 4.90. The quantitative estimate of drug-likeness (QED) is 0.428. The Kier molecular flexibility index (Phi) is 5.12. The molecule has 0 aromatic carbocycles. The summed E-state index contributed by atoms with van der Waals surface area (Å²) in [7, 11) is -1.90. The van der Waals surface area contributed by atoms with Crippen LogP contribution in [0, 0.1) is 10.1 Å². The summed E-state index contributed by atoms with van der Waals surface area (Å²) in [5.74, 6) is 0. The van der Waals surface area contributed by atoms with E-state index >= 15 is 0 Å². The van der Waals surface area contributed by atoms with Gasteiger partial charge in [0.05, 0.1) is 0 Å². The Morgan fingerprint density at radius 3 is 2.27 bits per heavy atom. The van der Waals surface area contributed by atoms with Crippen LogP contribution in [0.25, 0.3) is 0 Å². The molecule has 0 radical (unpaired) electrons. The number of hydrogen-bond donors (Lipinski definition) is 2. The molecule has 8 nitrogen and oxygen atoms in total. The summed E-state index contributed by atoms with van der Waals surface area (Å²) in [6.07, 6.45) is 0. The Hall–Kier alpha value is -0.240. The molecule has 1 rings (SSSR count). The van der Waals surface area contributed by atoms with E-state index in [0.29, 0.717) is 0 Å². The van der Waals surface area contributed by atoms with Gasteiger partial charge in [-0.15, -0.1) is 12.4 Å². The van der Waals surface area contributed by atoms with Crippen molar-refractivity contribution in [3.63, 3.8) is 0 Å². The smallest absolute Gasteiger partial charge is 0.288 e. The van der Waals surface area contributed by atoms with Crippen molar-refractivity contribution in [3.05, 3.63) is 10.1 Å². The molecule has 0 spiro atoms. The molecular formula is C5H13ClN3O5P. The minimum Gasteiger partial charge on any atom is -0.288 e. The second kappa shape index (κ2) is 5.20. The minimum atomic E-state index is -3.40. The molecule has 0 aromatic rings. The average molecular weight is 262 g/mol. The summed E-state index contributed by atoms with van der Waals surface area (Å²) >= 11 is 0. The zero-order valence-corrected chi connectivity index (χ0v) is 9.97. The number of nitro groups is 1. The van der Waals surface area contributed by atoms with E-state index in [0.717, 1.165) is 0 Å². The fraction of sp³-hybridized carbons (Fsp3) is 1.00. The third-order valence-electron chi connectivity index (χ3n) is 1.78. The summed E-state index contributed by atoms with van der Waals surface area (Å²) in [5.41, 5.74) is 1.07. The predicted molar refractivity (Wildman–Crippen MR) is 54.4 cm³/mol. The molecule has 15 heavy (non-hydrogen) atoms. The first-order chi connectivity index (χ1) is 6.42. The van der Waals surface area contributed by atoms with E-state index in [-0.39, 0.29) is 25.6 Å². The molecule has 0 saturated carbocycles. The monoisotopic (exact) mass is 261 g/mol. The molecule has 10 heteroatoms. The first-order valence-electron chi connectivity index (χ1n) is 3.89. The van der Waals surface area contributed by atoms with Crippen LogP contribution in [0.4, 0.5) is 0 Å². The molecule has 1 saturated heterocycles. The van der Waals surface area contributed by atoms with Crippen LogP contribution in [-0.4, -0.2) is 30.7 Å². The van der Waals surface area contributed by atoms with Gasteiger partial charge < -0.3 is 0 Å². The minimum absolute atomic E-state index is 0. The average Bonchev–Trinajstić information content (AvgIpc) is 2.11. The van der Waals surface area contributed by atoms with Gasteiger partial charge in [0.1, 0.15) is 13.2 Å². The van der Waals surface area contributed by atoms with Gasteiger partial charge in [-0.2, -0.15) is 5.20 Å². The molecule has 0 aromatic heterocycles. The summed E-state index contributed by atoms with van der Waals surface area (Å²) < 4.78 is 21.1. The van der Waals surface area contributed by atoms with E-state index in [1.54, 1.807) is 0 Å². The molecule has 0 aliphatic carbocycles. The fourth-order valence-electron chi connectivity index (χ4n) is 0.834. The van der Waals surface area contributed by atoms with Crippen molar-refractivity contribution in [2.45, 2.75) is 12.5 Å². The molecule has 1 fully saturated rings. The highest BCUT2D eigenvalue weighted by Gasteiger charge is 2.47. The molecule has 0 unspecified atom stereocenters. The fourth-order valence-corrected chi connectivity index (χ4v) is 2.21. The SMILES string of the molecule is CNNP1(=O)OCC(C)([N+](=O)[O-])CO1.Cl. The molecule has 1 aliphatic rings. The highest BCUT2D eigenvalue weighted by atomic mass is 35.5. The zero-order chi connectivity index (χ0) is 10.8. The number of hydrazine groups is 1. The van der Waals surface area contributed by atoms with Crippen molar-refractivity contribution in [2.75, 3.05) is 20.3 Å². The van der Waals surface area contributed by atoms with Crippen LogP contribution in [0.5, 0.6) is 0 Å². The number of nitrogens with zero attached hydrogens (tertiary/aromatic N) is 1. The number of hydrogen-bond acceptors (Lipinski definition) is 6. The van der Waals surface area contributed by atoms with Crippen LogP contribution in [-0.2, 0) is 13.6 Å². The zero-order valence-electron chi connectivity index (χ0n) is 8.26. The summed E-state index contributed by atoms with van der Waals surface area (Å²) in [4.78, 5) is 10.1. The Morgan fingerprint density at radius 1 is 1.47 bits per heavy atom. The number of halogens is 1. The number of rotatable bonds is 3. The van der Waals surface area contributed by atoms with Gasteiger partial charge in [0.25, 0.3) is 5.54 Å². The Labute approximate surface area is 92.8 Å². The summed E-state index contributed by atoms with van der Waals surface area (Å²) in [6.45, 7) is 0.883. The number of nitrogens with one attached hydrogen (secondary N) is 2. The first kappa shape index (κ1) is 14.8. The van der Waals surface area contributed by atoms with Crippen molar-refractivity contribution >= 4 is 20.2 Å². The molecule has 1 heterocycles. The lowest BCUT2D eigenvalue weighted by Gasteiger charge is -2.30. The maximum absolute atomic E-state index is 11.5. The van der Waals surface area contributed by atoms with E-state index in [2.05, 4.69) is 10.6 Å². The van der Waals surface area contributed by atoms with Crippen LogP contribution in [0.15, 0.2) is 0 Å². The predicted octanol–water partition coefficient (Wildman–Crippen LogP) is 0.323. The van der Waals surface area contributed by atoms with E-state index in [1.807, 2.05) is 0 Å². The van der Waals surface area contributed by atoms with Gasteiger partial charge in [0, 0.05) is 11.8 Å². The summed E-state index contributed by atoms with van der Waals surface area (Å²) in [5, 5.41) is 12.8. The molecule has 0 amide bonds. The third kappa shape index (κ3) is 3.37. The maximum atomic E-state index is 11.5. The van der Waals surface area contributed by atoms with Crippen LogP contribution < -0.4 is 10.6 Å². The standard InChI is InChI=1S/C5H12N3O5P.ClH/c1-5(8(9)10)3-12-14(11,7-6-2)13-4-5;/h6H,3-4H2,1-2H3,(H,7,11);1H. The molecular weight excluding hydrogens is 248 g/mol. The Balaban J connectivity index is 0.00000196. The Bertz CT molecular complexity index is 276. The van der Waals surface area contributed by atoms with Gasteiger partial charge in [-0.3, -0.25) is 24.6 Å².